The van der Waals surface area contributed by atoms with Crippen molar-refractivity contribution in [3.05, 3.63) is 58.0 Å². The summed E-state index contributed by atoms with van der Waals surface area (Å²) in [6.07, 6.45) is 2.43. The van der Waals surface area contributed by atoms with Gasteiger partial charge in [-0.2, -0.15) is 0 Å². The van der Waals surface area contributed by atoms with Crippen molar-refractivity contribution in [2.75, 3.05) is 19.7 Å². The van der Waals surface area contributed by atoms with E-state index in [1.807, 2.05) is 6.07 Å². The van der Waals surface area contributed by atoms with E-state index >= 15 is 0 Å². The van der Waals surface area contributed by atoms with Gasteiger partial charge in [0.25, 0.3) is 5.91 Å². The van der Waals surface area contributed by atoms with Gasteiger partial charge in [-0.1, -0.05) is 18.2 Å². The molecular formula is C19H24FN2O2S+. The number of carbonyl (C=O) groups is 1. The number of nitrogens with one attached hydrogen (secondary N) is 2. The molecule has 1 amide bonds. The van der Waals surface area contributed by atoms with Gasteiger partial charge in [0.1, 0.15) is 25.0 Å². The minimum Gasteiger partial charge on any atom is -0.372 e. The summed E-state index contributed by atoms with van der Waals surface area (Å²) < 4.78 is 18.7. The Bertz CT molecular complexity index is 655. The Labute approximate surface area is 151 Å². The van der Waals surface area contributed by atoms with Crippen LogP contribution in [0.3, 0.4) is 0 Å². The van der Waals surface area contributed by atoms with E-state index in [2.05, 4.69) is 16.8 Å². The van der Waals surface area contributed by atoms with Crippen LogP contribution in [0, 0.1) is 5.82 Å². The first kappa shape index (κ1) is 18.0. The summed E-state index contributed by atoms with van der Waals surface area (Å²) in [5.74, 6) is -0.257. The highest BCUT2D eigenvalue weighted by atomic mass is 32.1. The molecule has 2 N–H and O–H groups in total. The zero-order valence-electron chi connectivity index (χ0n) is 14.2. The third-order valence-corrected chi connectivity index (χ3v) is 5.23. The quantitative estimate of drug-likeness (QED) is 0.751. The molecule has 0 radical (unpaired) electrons. The molecule has 1 aromatic carbocycles. The zero-order valence-corrected chi connectivity index (χ0v) is 15.0. The van der Waals surface area contributed by atoms with Gasteiger partial charge in [0.2, 0.25) is 0 Å². The first-order valence-electron chi connectivity index (χ1n) is 8.68. The van der Waals surface area contributed by atoms with Gasteiger partial charge in [0, 0.05) is 13.2 Å². The van der Waals surface area contributed by atoms with Gasteiger partial charge >= 0.3 is 0 Å². The maximum absolute atomic E-state index is 12.9. The van der Waals surface area contributed by atoms with Crippen LogP contribution >= 0.6 is 11.3 Å². The topological polar surface area (TPSA) is 42.8 Å². The van der Waals surface area contributed by atoms with E-state index in [-0.39, 0.29) is 17.8 Å². The predicted octanol–water partition coefficient (Wildman–Crippen LogP) is 1.77. The average Bonchev–Trinajstić information content (AvgIpc) is 3.28. The third-order valence-electron chi connectivity index (χ3n) is 4.36. The van der Waals surface area contributed by atoms with Gasteiger partial charge in [-0.05, 0) is 42.0 Å². The Morgan fingerprint density at radius 1 is 1.32 bits per heavy atom. The SMILES string of the molecule is O=C(C[NH+](Cc1cccs1)C[C@H]1CCCO1)NCc1ccc(F)cc1. The number of hydrogen-bond acceptors (Lipinski definition) is 3. The van der Waals surface area contributed by atoms with Crippen LogP contribution in [-0.2, 0) is 22.6 Å². The highest BCUT2D eigenvalue weighted by Crippen LogP contribution is 2.10. The minimum atomic E-state index is -0.266. The molecule has 1 fully saturated rings. The van der Waals surface area contributed by atoms with E-state index in [9.17, 15) is 9.18 Å². The average molecular weight is 363 g/mol. The number of benzene rings is 1. The molecule has 2 aromatic rings. The summed E-state index contributed by atoms with van der Waals surface area (Å²) in [6, 6.07) is 10.4. The van der Waals surface area contributed by atoms with Gasteiger partial charge in [-0.3, -0.25) is 4.79 Å². The number of hydrogen-bond donors (Lipinski definition) is 2. The fourth-order valence-corrected chi connectivity index (χ4v) is 3.86. The summed E-state index contributed by atoms with van der Waals surface area (Å²) in [7, 11) is 0. The first-order valence-corrected chi connectivity index (χ1v) is 9.56. The number of amides is 1. The van der Waals surface area contributed by atoms with E-state index in [1.165, 1.54) is 21.9 Å². The Morgan fingerprint density at radius 3 is 2.84 bits per heavy atom. The van der Waals surface area contributed by atoms with Crippen LogP contribution in [0.15, 0.2) is 41.8 Å². The fourth-order valence-electron chi connectivity index (χ4n) is 3.09. The maximum Gasteiger partial charge on any atom is 0.275 e. The fraction of sp³-hybridized carbons (Fsp3) is 0.421. The number of rotatable bonds is 8. The van der Waals surface area contributed by atoms with Crippen LogP contribution in [0.1, 0.15) is 23.3 Å². The van der Waals surface area contributed by atoms with E-state index < -0.39 is 0 Å². The molecule has 2 heterocycles. The number of halogens is 1. The molecule has 0 aliphatic carbocycles. The molecule has 6 heteroatoms. The smallest absolute Gasteiger partial charge is 0.275 e. The molecule has 0 saturated carbocycles. The van der Waals surface area contributed by atoms with Gasteiger partial charge < -0.3 is 15.0 Å². The Balaban J connectivity index is 1.52. The maximum atomic E-state index is 12.9. The van der Waals surface area contributed by atoms with Crippen molar-refractivity contribution in [1.29, 1.82) is 0 Å². The van der Waals surface area contributed by atoms with Crippen LogP contribution in [0.2, 0.25) is 0 Å². The van der Waals surface area contributed by atoms with Crippen molar-refractivity contribution in [1.82, 2.24) is 5.32 Å². The lowest BCUT2D eigenvalue weighted by molar-refractivity contribution is -0.908. The summed E-state index contributed by atoms with van der Waals surface area (Å²) in [4.78, 5) is 14.8. The van der Waals surface area contributed by atoms with E-state index in [4.69, 9.17) is 4.74 Å². The lowest BCUT2D eigenvalue weighted by Gasteiger charge is -2.21. The number of thiophene rings is 1. The Morgan fingerprint density at radius 2 is 2.16 bits per heavy atom. The molecule has 0 bridgehead atoms. The normalized spacial score (nSPS) is 18.2. The van der Waals surface area contributed by atoms with Gasteiger partial charge in [0.05, 0.1) is 4.88 Å². The van der Waals surface area contributed by atoms with Crippen LogP contribution in [0.4, 0.5) is 4.39 Å². The van der Waals surface area contributed by atoms with E-state index in [1.54, 1.807) is 23.5 Å². The predicted molar refractivity (Wildman–Crippen MR) is 95.9 cm³/mol. The molecule has 4 nitrogen and oxygen atoms in total. The highest BCUT2D eigenvalue weighted by Gasteiger charge is 2.24. The van der Waals surface area contributed by atoms with Crippen molar-refractivity contribution in [3.8, 4) is 0 Å². The second kappa shape index (κ2) is 9.08. The molecule has 1 aromatic heterocycles. The van der Waals surface area contributed by atoms with Gasteiger partial charge in [0.15, 0.2) is 6.54 Å². The molecule has 1 unspecified atom stereocenters. The van der Waals surface area contributed by atoms with Crippen molar-refractivity contribution < 1.29 is 18.8 Å². The molecule has 3 rings (SSSR count). The molecule has 2 atom stereocenters. The lowest BCUT2D eigenvalue weighted by Crippen LogP contribution is -3.13. The Hall–Kier alpha value is -1.76. The monoisotopic (exact) mass is 363 g/mol. The second-order valence-corrected chi connectivity index (χ2v) is 7.46. The summed E-state index contributed by atoms with van der Waals surface area (Å²) in [5.41, 5.74) is 0.897. The number of ether oxygens (including phenoxy) is 1. The van der Waals surface area contributed by atoms with Gasteiger partial charge in [-0.15, -0.1) is 11.3 Å². The highest BCUT2D eigenvalue weighted by molar-refractivity contribution is 7.09. The molecule has 1 saturated heterocycles. The molecule has 1 aliphatic rings. The summed E-state index contributed by atoms with van der Waals surface area (Å²) in [5, 5.41) is 5.00. The van der Waals surface area contributed by atoms with Crippen molar-refractivity contribution in [2.45, 2.75) is 32.0 Å². The van der Waals surface area contributed by atoms with Crippen LogP contribution in [0.25, 0.3) is 0 Å². The molecule has 134 valence electrons. The van der Waals surface area contributed by atoms with Gasteiger partial charge in [-0.25, -0.2) is 4.39 Å². The van der Waals surface area contributed by atoms with E-state index in [0.29, 0.717) is 13.1 Å². The third kappa shape index (κ3) is 5.92. The second-order valence-electron chi connectivity index (χ2n) is 6.43. The first-order chi connectivity index (χ1) is 12.2. The van der Waals surface area contributed by atoms with Crippen molar-refractivity contribution in [3.63, 3.8) is 0 Å². The molecule has 25 heavy (non-hydrogen) atoms. The standard InChI is InChI=1S/C19H23FN2O2S/c20-16-7-5-15(6-8-16)11-21-19(23)14-22(12-17-3-1-9-24-17)13-18-4-2-10-25-18/h2,4-8,10,17H,1,3,9,11-14H2,(H,21,23)/p+1/t17-/m1/s1. The number of carbonyl (C=O) groups excluding carboxylic acids is 1. The van der Waals surface area contributed by atoms with Crippen LogP contribution in [0.5, 0.6) is 0 Å². The molecular weight excluding hydrogens is 339 g/mol. The van der Waals surface area contributed by atoms with Crippen molar-refractivity contribution in [2.24, 2.45) is 0 Å². The van der Waals surface area contributed by atoms with Crippen LogP contribution in [-0.4, -0.2) is 31.7 Å². The minimum absolute atomic E-state index is 0.00822. The summed E-state index contributed by atoms with van der Waals surface area (Å²) >= 11 is 1.72. The molecule has 0 spiro atoms. The largest absolute Gasteiger partial charge is 0.372 e. The summed E-state index contributed by atoms with van der Waals surface area (Å²) in [6.45, 7) is 3.35. The lowest BCUT2D eigenvalue weighted by atomic mass is 10.2. The zero-order chi connectivity index (χ0) is 17.5. The van der Waals surface area contributed by atoms with Crippen molar-refractivity contribution >= 4 is 17.2 Å². The Kier molecular flexibility index (Phi) is 6.55. The molecule has 1 aliphatic heterocycles. The van der Waals surface area contributed by atoms with E-state index in [0.717, 1.165) is 38.1 Å². The van der Waals surface area contributed by atoms with Crippen LogP contribution < -0.4 is 10.2 Å². The number of quaternary nitrogens is 1.